The number of methoxy groups -OCH3 is 1. The van der Waals surface area contributed by atoms with Crippen molar-refractivity contribution in [3.63, 3.8) is 0 Å². The van der Waals surface area contributed by atoms with E-state index in [4.69, 9.17) is 9.47 Å². The number of piperidine rings is 3. The van der Waals surface area contributed by atoms with Crippen molar-refractivity contribution < 1.29 is 19.4 Å². The van der Waals surface area contributed by atoms with E-state index in [9.17, 15) is 9.90 Å². The average molecular weight is 411 g/mol. The molecular formula is C24H30N2O4. The largest absolute Gasteiger partial charge is 0.497 e. The predicted molar refractivity (Wildman–Crippen MR) is 116 cm³/mol. The Kier molecular flexibility index (Phi) is 6.06. The third-order valence-corrected chi connectivity index (χ3v) is 6.53. The first-order valence-electron chi connectivity index (χ1n) is 10.8. The summed E-state index contributed by atoms with van der Waals surface area (Å²) in [5, 5.41) is 12.3. The average Bonchev–Trinajstić information content (AvgIpc) is 2.78. The van der Waals surface area contributed by atoms with Crippen LogP contribution >= 0.6 is 0 Å². The van der Waals surface area contributed by atoms with Gasteiger partial charge < -0.3 is 14.6 Å². The number of carbonyl (C=O) groups excluding carboxylic acids is 1. The minimum Gasteiger partial charge on any atom is -0.497 e. The number of hydrogen-bond donors (Lipinski definition) is 1. The van der Waals surface area contributed by atoms with Crippen molar-refractivity contribution in [1.29, 1.82) is 0 Å². The zero-order valence-corrected chi connectivity index (χ0v) is 17.7. The highest BCUT2D eigenvalue weighted by Crippen LogP contribution is 2.42. The van der Waals surface area contributed by atoms with E-state index in [0.29, 0.717) is 35.9 Å². The summed E-state index contributed by atoms with van der Waals surface area (Å²) in [5.41, 5.74) is 1.40. The van der Waals surface area contributed by atoms with Gasteiger partial charge in [-0.15, -0.1) is 6.58 Å². The topological polar surface area (TPSA) is 71.9 Å². The zero-order chi connectivity index (χ0) is 21.3. The Morgan fingerprint density at radius 2 is 2.27 bits per heavy atom. The first-order chi connectivity index (χ1) is 14.5. The van der Waals surface area contributed by atoms with E-state index in [1.807, 2.05) is 25.1 Å². The van der Waals surface area contributed by atoms with Crippen LogP contribution in [-0.2, 0) is 4.79 Å². The normalized spacial score (nSPS) is 26.4. The van der Waals surface area contributed by atoms with Crippen LogP contribution in [0.3, 0.4) is 0 Å². The highest BCUT2D eigenvalue weighted by atomic mass is 16.5. The van der Waals surface area contributed by atoms with Gasteiger partial charge in [0.25, 0.3) is 0 Å². The number of ether oxygens (including phenoxy) is 2. The minimum absolute atomic E-state index is 0.0240. The van der Waals surface area contributed by atoms with E-state index >= 15 is 0 Å². The summed E-state index contributed by atoms with van der Waals surface area (Å²) < 4.78 is 10.9. The molecule has 0 spiro atoms. The lowest BCUT2D eigenvalue weighted by atomic mass is 9.73. The van der Waals surface area contributed by atoms with Gasteiger partial charge in [0.15, 0.2) is 0 Å². The van der Waals surface area contributed by atoms with Gasteiger partial charge >= 0.3 is 5.97 Å². The lowest BCUT2D eigenvalue weighted by Crippen LogP contribution is -2.54. The van der Waals surface area contributed by atoms with Crippen molar-refractivity contribution in [2.75, 3.05) is 20.2 Å². The molecule has 1 N–H and O–H groups in total. The number of esters is 1. The number of hydrogen-bond acceptors (Lipinski definition) is 6. The Labute approximate surface area is 177 Å². The Morgan fingerprint density at radius 3 is 2.93 bits per heavy atom. The first-order valence-corrected chi connectivity index (χ1v) is 10.8. The van der Waals surface area contributed by atoms with Crippen molar-refractivity contribution in [2.45, 2.75) is 44.8 Å². The molecule has 160 valence electrons. The van der Waals surface area contributed by atoms with E-state index in [0.717, 1.165) is 36.9 Å². The lowest BCUT2D eigenvalue weighted by molar-refractivity contribution is -0.134. The Hall–Kier alpha value is -2.44. The smallest absolute Gasteiger partial charge is 0.312 e. The molecule has 4 heterocycles. The summed E-state index contributed by atoms with van der Waals surface area (Å²) >= 11 is 0. The second-order valence-electron chi connectivity index (χ2n) is 8.35. The molecule has 0 amide bonds. The van der Waals surface area contributed by atoms with Crippen LogP contribution in [-0.4, -0.2) is 47.2 Å². The standard InChI is InChI=1S/C24H30N2O4/c1-4-6-23(27)30-22-13-19(18-12-17(29-3)7-8-20(18)25-22)24(28)21-11-16-9-10-26(21)14-15(16)5-2/h5,7-8,12-13,15-16,21,24,28H,2,4,6,9-11,14H2,1,3H3/t15-,16?,21-,24+/m0/s1. The first kappa shape index (κ1) is 20.8. The summed E-state index contributed by atoms with van der Waals surface area (Å²) in [4.78, 5) is 18.9. The molecule has 6 heteroatoms. The number of rotatable bonds is 7. The molecule has 5 rings (SSSR count). The second-order valence-corrected chi connectivity index (χ2v) is 8.35. The second kappa shape index (κ2) is 8.74. The molecule has 5 atom stereocenters. The van der Waals surface area contributed by atoms with Gasteiger partial charge in [-0.25, -0.2) is 4.98 Å². The van der Waals surface area contributed by atoms with E-state index in [-0.39, 0.29) is 17.9 Å². The Morgan fingerprint density at radius 1 is 1.43 bits per heavy atom. The van der Waals surface area contributed by atoms with Crippen molar-refractivity contribution in [2.24, 2.45) is 11.8 Å². The van der Waals surface area contributed by atoms with E-state index in [1.165, 1.54) is 0 Å². The fourth-order valence-electron chi connectivity index (χ4n) is 4.91. The Bertz CT molecular complexity index is 944. The maximum atomic E-state index is 12.0. The van der Waals surface area contributed by atoms with Gasteiger partial charge in [-0.1, -0.05) is 13.0 Å². The highest BCUT2D eigenvalue weighted by Gasteiger charge is 2.42. The Balaban J connectivity index is 1.71. The molecular weight excluding hydrogens is 380 g/mol. The SMILES string of the molecule is C=C[C@H]1CN2CCC1C[C@H]2[C@H](O)c1cc(OC(=O)CCC)nc2ccc(OC)cc12. The molecule has 2 aromatic rings. The summed E-state index contributed by atoms with van der Waals surface area (Å²) in [5.74, 6) is 1.66. The molecule has 3 aliphatic heterocycles. The molecule has 2 unspecified atom stereocenters. The number of nitrogens with zero attached hydrogens (tertiary/aromatic N) is 2. The monoisotopic (exact) mass is 410 g/mol. The molecule has 2 bridgehead atoms. The molecule has 3 saturated heterocycles. The maximum Gasteiger partial charge on any atom is 0.312 e. The predicted octanol–water partition coefficient (Wildman–Crippen LogP) is 3.88. The van der Waals surface area contributed by atoms with Gasteiger partial charge in [0.1, 0.15) is 5.75 Å². The van der Waals surface area contributed by atoms with Crippen LogP contribution in [0.1, 0.15) is 44.3 Å². The molecule has 3 fully saturated rings. The van der Waals surface area contributed by atoms with Gasteiger partial charge in [0, 0.05) is 30.5 Å². The minimum atomic E-state index is -0.709. The van der Waals surface area contributed by atoms with Gasteiger partial charge in [0.05, 0.1) is 18.7 Å². The number of benzene rings is 1. The number of aliphatic hydroxyl groups is 1. The summed E-state index contributed by atoms with van der Waals surface area (Å²) in [6, 6.07) is 7.29. The lowest BCUT2D eigenvalue weighted by Gasteiger charge is -2.50. The molecule has 0 aliphatic carbocycles. The van der Waals surface area contributed by atoms with Crippen LogP contribution in [0.15, 0.2) is 36.9 Å². The number of aliphatic hydroxyl groups excluding tert-OH is 1. The number of pyridine rings is 1. The van der Waals surface area contributed by atoms with Crippen LogP contribution in [0.25, 0.3) is 10.9 Å². The van der Waals surface area contributed by atoms with Crippen molar-refractivity contribution in [3.05, 3.63) is 42.5 Å². The molecule has 1 aromatic heterocycles. The summed E-state index contributed by atoms with van der Waals surface area (Å²) in [7, 11) is 1.62. The molecule has 0 radical (unpaired) electrons. The van der Waals surface area contributed by atoms with Gasteiger partial charge in [-0.3, -0.25) is 9.69 Å². The van der Waals surface area contributed by atoms with Crippen molar-refractivity contribution in [3.8, 4) is 11.6 Å². The third-order valence-electron chi connectivity index (χ3n) is 6.53. The number of aromatic nitrogens is 1. The van der Waals surface area contributed by atoms with Crippen molar-refractivity contribution >= 4 is 16.9 Å². The van der Waals surface area contributed by atoms with E-state index < -0.39 is 6.10 Å². The number of carbonyl (C=O) groups is 1. The zero-order valence-electron chi connectivity index (χ0n) is 17.7. The fourth-order valence-corrected chi connectivity index (χ4v) is 4.91. The quantitative estimate of drug-likeness (QED) is 0.552. The van der Waals surface area contributed by atoms with Crippen LogP contribution in [0.5, 0.6) is 11.6 Å². The number of fused-ring (bicyclic) bond motifs is 4. The van der Waals surface area contributed by atoms with E-state index in [1.54, 1.807) is 13.2 Å². The van der Waals surface area contributed by atoms with Crippen LogP contribution in [0.2, 0.25) is 0 Å². The van der Waals surface area contributed by atoms with E-state index in [2.05, 4.69) is 22.5 Å². The van der Waals surface area contributed by atoms with Gasteiger partial charge in [0.2, 0.25) is 5.88 Å². The molecule has 1 aromatic carbocycles. The molecule has 0 saturated carbocycles. The van der Waals surface area contributed by atoms with Gasteiger partial charge in [-0.05, 0) is 61.4 Å². The molecule has 3 aliphatic rings. The van der Waals surface area contributed by atoms with Gasteiger partial charge in [-0.2, -0.15) is 0 Å². The fraction of sp³-hybridized carbons (Fsp3) is 0.500. The summed E-state index contributed by atoms with van der Waals surface area (Å²) in [6.45, 7) is 7.83. The molecule has 30 heavy (non-hydrogen) atoms. The molecule has 6 nitrogen and oxygen atoms in total. The van der Waals surface area contributed by atoms with Crippen LogP contribution in [0, 0.1) is 11.8 Å². The van der Waals surface area contributed by atoms with Crippen molar-refractivity contribution in [1.82, 2.24) is 9.88 Å². The van der Waals surface area contributed by atoms with Crippen LogP contribution < -0.4 is 9.47 Å². The van der Waals surface area contributed by atoms with Crippen LogP contribution in [0.4, 0.5) is 0 Å². The maximum absolute atomic E-state index is 12.0. The third kappa shape index (κ3) is 3.94. The highest BCUT2D eigenvalue weighted by molar-refractivity contribution is 5.85. The summed E-state index contributed by atoms with van der Waals surface area (Å²) in [6.07, 6.45) is 4.46.